The molecule has 2 aliphatic rings. The number of nitrogens with one attached hydrogen (secondary N) is 1. The third-order valence-electron chi connectivity index (χ3n) is 3.08. The van der Waals surface area contributed by atoms with E-state index in [1.165, 1.54) is 25.8 Å². The molecule has 0 bridgehead atoms. The van der Waals surface area contributed by atoms with Gasteiger partial charge in [0.15, 0.2) is 0 Å². The van der Waals surface area contributed by atoms with Gasteiger partial charge in [-0.3, -0.25) is 0 Å². The van der Waals surface area contributed by atoms with Gasteiger partial charge in [-0.1, -0.05) is 13.8 Å². The summed E-state index contributed by atoms with van der Waals surface area (Å²) in [7, 11) is 0. The van der Waals surface area contributed by atoms with Crippen LogP contribution in [0.25, 0.3) is 0 Å². The van der Waals surface area contributed by atoms with Gasteiger partial charge in [0.2, 0.25) is 0 Å². The van der Waals surface area contributed by atoms with Gasteiger partial charge in [-0.05, 0) is 37.1 Å². The van der Waals surface area contributed by atoms with Crippen molar-refractivity contribution < 1.29 is 0 Å². The Bertz CT molecular complexity index is 126. The number of hydrogen-bond donors (Lipinski definition) is 1. The molecule has 0 amide bonds. The zero-order chi connectivity index (χ0) is 7.19. The van der Waals surface area contributed by atoms with E-state index in [0.29, 0.717) is 5.41 Å². The number of fused-ring (bicyclic) bond motifs is 1. The second-order valence-electron chi connectivity index (χ2n) is 4.68. The predicted octanol–water partition coefficient (Wildman–Crippen LogP) is 1.78. The highest BCUT2D eigenvalue weighted by atomic mass is 15.0. The quantitative estimate of drug-likeness (QED) is 0.539. The first-order valence-electron chi connectivity index (χ1n) is 4.41. The summed E-state index contributed by atoms with van der Waals surface area (Å²) in [5.41, 5.74) is 0.628. The summed E-state index contributed by atoms with van der Waals surface area (Å²) in [5, 5.41) is 3.57. The van der Waals surface area contributed by atoms with E-state index in [-0.39, 0.29) is 0 Å². The van der Waals surface area contributed by atoms with Crippen LogP contribution in [-0.4, -0.2) is 12.6 Å². The van der Waals surface area contributed by atoms with Gasteiger partial charge in [0.1, 0.15) is 0 Å². The van der Waals surface area contributed by atoms with Crippen molar-refractivity contribution in [3.63, 3.8) is 0 Å². The van der Waals surface area contributed by atoms with Gasteiger partial charge < -0.3 is 5.32 Å². The molecule has 1 saturated carbocycles. The fraction of sp³-hybridized carbons (Fsp3) is 1.00. The molecule has 58 valence electrons. The summed E-state index contributed by atoms with van der Waals surface area (Å²) in [4.78, 5) is 0. The maximum absolute atomic E-state index is 3.57. The summed E-state index contributed by atoms with van der Waals surface area (Å²) >= 11 is 0. The van der Waals surface area contributed by atoms with Crippen molar-refractivity contribution in [2.45, 2.75) is 39.2 Å². The first kappa shape index (κ1) is 6.66. The smallest absolute Gasteiger partial charge is 0.0101 e. The highest BCUT2D eigenvalue weighted by Gasteiger charge is 2.41. The Morgan fingerprint density at radius 1 is 1.30 bits per heavy atom. The Kier molecular flexibility index (Phi) is 1.31. The molecular formula is C9H17N. The third-order valence-corrected chi connectivity index (χ3v) is 3.08. The van der Waals surface area contributed by atoms with Crippen LogP contribution in [0.3, 0.4) is 0 Å². The molecule has 0 spiro atoms. The second kappa shape index (κ2) is 1.97. The lowest BCUT2D eigenvalue weighted by atomic mass is 9.90. The van der Waals surface area contributed by atoms with Crippen molar-refractivity contribution in [2.75, 3.05) is 6.54 Å². The molecule has 1 aliphatic heterocycles. The van der Waals surface area contributed by atoms with E-state index in [1.54, 1.807) is 0 Å². The van der Waals surface area contributed by atoms with Crippen LogP contribution in [0.5, 0.6) is 0 Å². The lowest BCUT2D eigenvalue weighted by molar-refractivity contribution is 0.349. The minimum absolute atomic E-state index is 0.628. The molecule has 2 rings (SSSR count). The van der Waals surface area contributed by atoms with Crippen molar-refractivity contribution in [1.82, 2.24) is 5.32 Å². The van der Waals surface area contributed by atoms with Gasteiger partial charge >= 0.3 is 0 Å². The van der Waals surface area contributed by atoms with Crippen molar-refractivity contribution in [3.05, 3.63) is 0 Å². The summed E-state index contributed by atoms with van der Waals surface area (Å²) in [5.74, 6) is 1.01. The summed E-state index contributed by atoms with van der Waals surface area (Å²) < 4.78 is 0. The van der Waals surface area contributed by atoms with E-state index in [4.69, 9.17) is 0 Å². The number of hydrogen-bond acceptors (Lipinski definition) is 1. The molecule has 2 fully saturated rings. The van der Waals surface area contributed by atoms with Crippen LogP contribution in [0.1, 0.15) is 33.1 Å². The number of rotatable bonds is 0. The van der Waals surface area contributed by atoms with Crippen LogP contribution in [0, 0.1) is 11.3 Å². The van der Waals surface area contributed by atoms with E-state index in [9.17, 15) is 0 Å². The molecule has 0 aromatic heterocycles. The minimum Gasteiger partial charge on any atom is -0.314 e. The molecule has 0 radical (unpaired) electrons. The highest BCUT2D eigenvalue weighted by Crippen LogP contribution is 2.44. The lowest BCUT2D eigenvalue weighted by Gasteiger charge is -2.17. The third kappa shape index (κ3) is 0.968. The Balaban J connectivity index is 2.07. The van der Waals surface area contributed by atoms with Gasteiger partial charge in [0.25, 0.3) is 0 Å². The Hall–Kier alpha value is -0.0400. The molecule has 2 unspecified atom stereocenters. The van der Waals surface area contributed by atoms with Gasteiger partial charge in [0, 0.05) is 6.04 Å². The lowest BCUT2D eigenvalue weighted by Crippen LogP contribution is -2.23. The van der Waals surface area contributed by atoms with Crippen LogP contribution >= 0.6 is 0 Å². The average Bonchev–Trinajstić information content (AvgIpc) is 2.20. The summed E-state index contributed by atoms with van der Waals surface area (Å²) in [6, 6.07) is 0.870. The topological polar surface area (TPSA) is 12.0 Å². The molecule has 1 saturated heterocycles. The maximum Gasteiger partial charge on any atom is 0.0101 e. The van der Waals surface area contributed by atoms with Crippen LogP contribution in [-0.2, 0) is 0 Å². The molecule has 1 N–H and O–H groups in total. The van der Waals surface area contributed by atoms with Crippen LogP contribution in [0.2, 0.25) is 0 Å². The molecular weight excluding hydrogens is 122 g/mol. The Labute approximate surface area is 63.2 Å². The first-order valence-corrected chi connectivity index (χ1v) is 4.41. The fourth-order valence-electron chi connectivity index (χ4n) is 2.69. The molecule has 0 aromatic carbocycles. The van der Waals surface area contributed by atoms with E-state index in [0.717, 1.165) is 12.0 Å². The maximum atomic E-state index is 3.57. The van der Waals surface area contributed by atoms with Gasteiger partial charge in [0.05, 0.1) is 0 Å². The normalized spacial score (nSPS) is 43.8. The van der Waals surface area contributed by atoms with Gasteiger partial charge in [-0.2, -0.15) is 0 Å². The second-order valence-corrected chi connectivity index (χ2v) is 4.68. The van der Waals surface area contributed by atoms with E-state index in [1.807, 2.05) is 0 Å². The van der Waals surface area contributed by atoms with E-state index >= 15 is 0 Å². The standard InChI is InChI=1S/C9H17N/c1-9(2)5-7-3-4-10-8(7)6-9/h7-8,10H,3-6H2,1-2H3. The molecule has 2 atom stereocenters. The zero-order valence-electron chi connectivity index (χ0n) is 6.98. The molecule has 1 heterocycles. The molecule has 1 nitrogen and oxygen atoms in total. The predicted molar refractivity (Wildman–Crippen MR) is 42.9 cm³/mol. The Morgan fingerprint density at radius 3 is 2.80 bits per heavy atom. The van der Waals surface area contributed by atoms with Crippen molar-refractivity contribution >= 4 is 0 Å². The van der Waals surface area contributed by atoms with E-state index < -0.39 is 0 Å². The SMILES string of the molecule is CC1(C)CC2CCNC2C1. The van der Waals surface area contributed by atoms with Crippen molar-refractivity contribution in [1.29, 1.82) is 0 Å². The minimum atomic E-state index is 0.628. The molecule has 0 aromatic rings. The van der Waals surface area contributed by atoms with Gasteiger partial charge in [-0.25, -0.2) is 0 Å². The molecule has 10 heavy (non-hydrogen) atoms. The summed E-state index contributed by atoms with van der Waals surface area (Å²) in [6.45, 7) is 6.06. The van der Waals surface area contributed by atoms with Crippen LogP contribution in [0.15, 0.2) is 0 Å². The Morgan fingerprint density at radius 2 is 2.10 bits per heavy atom. The summed E-state index contributed by atoms with van der Waals surface area (Å²) in [6.07, 6.45) is 4.27. The molecule has 1 heteroatoms. The van der Waals surface area contributed by atoms with Crippen molar-refractivity contribution in [3.8, 4) is 0 Å². The van der Waals surface area contributed by atoms with Crippen LogP contribution in [0.4, 0.5) is 0 Å². The van der Waals surface area contributed by atoms with Gasteiger partial charge in [-0.15, -0.1) is 0 Å². The van der Waals surface area contributed by atoms with Crippen molar-refractivity contribution in [2.24, 2.45) is 11.3 Å². The fourth-order valence-corrected chi connectivity index (χ4v) is 2.69. The largest absolute Gasteiger partial charge is 0.314 e. The first-order chi connectivity index (χ1) is 4.67. The average molecular weight is 139 g/mol. The molecule has 1 aliphatic carbocycles. The highest BCUT2D eigenvalue weighted by molar-refractivity contribution is 4.96. The van der Waals surface area contributed by atoms with Crippen LogP contribution < -0.4 is 5.32 Å². The monoisotopic (exact) mass is 139 g/mol. The van der Waals surface area contributed by atoms with E-state index in [2.05, 4.69) is 19.2 Å². The zero-order valence-corrected chi connectivity index (χ0v) is 6.98.